The molecule has 0 saturated heterocycles. The molecule has 0 unspecified atom stereocenters. The second-order valence-corrected chi connectivity index (χ2v) is 4.41. The first kappa shape index (κ1) is 11.5. The Kier molecular flexibility index (Phi) is 2.57. The van der Waals surface area contributed by atoms with Crippen molar-refractivity contribution < 1.29 is 14.3 Å². The van der Waals surface area contributed by atoms with Crippen molar-refractivity contribution >= 4 is 5.97 Å². The van der Waals surface area contributed by atoms with Gasteiger partial charge in [0.05, 0.1) is 0 Å². The maximum absolute atomic E-state index is 13.2. The highest BCUT2D eigenvalue weighted by Gasteiger charge is 2.18. The molecule has 0 saturated carbocycles. The van der Waals surface area contributed by atoms with E-state index in [2.05, 4.69) is 11.8 Å². The lowest BCUT2D eigenvalue weighted by Crippen LogP contribution is -1.88. The van der Waals surface area contributed by atoms with Gasteiger partial charge in [-0.05, 0) is 52.9 Å². The van der Waals surface area contributed by atoms with Crippen LogP contribution in [-0.4, -0.2) is 11.1 Å². The fourth-order valence-corrected chi connectivity index (χ4v) is 2.38. The molecule has 3 heteroatoms. The highest BCUT2D eigenvalue weighted by molar-refractivity contribution is 5.87. The Morgan fingerprint density at radius 2 is 1.79 bits per heavy atom. The largest absolute Gasteiger partial charge is 0.472 e. The minimum Gasteiger partial charge on any atom is -0.472 e. The van der Waals surface area contributed by atoms with Gasteiger partial charge in [0.2, 0.25) is 0 Å². The minimum absolute atomic E-state index is 0.238. The van der Waals surface area contributed by atoms with E-state index in [4.69, 9.17) is 5.11 Å². The first-order valence-corrected chi connectivity index (χ1v) is 5.80. The smallest absolute Gasteiger partial charge is 0.382 e. The molecule has 19 heavy (non-hydrogen) atoms. The molecule has 2 aromatic rings. The van der Waals surface area contributed by atoms with Gasteiger partial charge >= 0.3 is 5.97 Å². The summed E-state index contributed by atoms with van der Waals surface area (Å²) in [6.07, 6.45) is 0.658. The van der Waals surface area contributed by atoms with E-state index >= 15 is 0 Å². The second-order valence-electron chi connectivity index (χ2n) is 4.41. The van der Waals surface area contributed by atoms with Gasteiger partial charge in [-0.15, -0.1) is 0 Å². The third-order valence-electron chi connectivity index (χ3n) is 3.16. The number of carboxylic acids is 1. The van der Waals surface area contributed by atoms with Gasteiger partial charge in [-0.3, -0.25) is 0 Å². The normalized spacial score (nSPS) is 11.2. The van der Waals surface area contributed by atoms with E-state index in [1.165, 1.54) is 12.1 Å². The lowest BCUT2D eigenvalue weighted by Gasteiger charge is -2.00. The van der Waals surface area contributed by atoms with Crippen molar-refractivity contribution in [1.29, 1.82) is 0 Å². The Hall–Kier alpha value is -2.60. The fraction of sp³-hybridized carbons (Fsp3) is 0.0625. The van der Waals surface area contributed by atoms with Crippen molar-refractivity contribution in [2.75, 3.05) is 0 Å². The van der Waals surface area contributed by atoms with Crippen molar-refractivity contribution in [1.82, 2.24) is 0 Å². The van der Waals surface area contributed by atoms with E-state index in [0.717, 1.165) is 22.3 Å². The molecule has 0 radical (unpaired) electrons. The molecule has 0 fully saturated rings. The van der Waals surface area contributed by atoms with Crippen LogP contribution in [0.4, 0.5) is 4.39 Å². The van der Waals surface area contributed by atoms with Crippen molar-refractivity contribution in [2.24, 2.45) is 0 Å². The lowest BCUT2D eigenvalue weighted by atomic mass is 10.0. The van der Waals surface area contributed by atoms with Crippen LogP contribution in [0.25, 0.3) is 11.1 Å². The van der Waals surface area contributed by atoms with Gasteiger partial charge in [-0.1, -0.05) is 18.1 Å². The SMILES string of the molecule is O=C(O)C#Cc1ccc2c(c1)Cc1cc(F)ccc1-2. The van der Waals surface area contributed by atoms with Gasteiger partial charge in [0.1, 0.15) is 5.82 Å². The summed E-state index contributed by atoms with van der Waals surface area (Å²) in [5, 5.41) is 8.53. The number of halogens is 1. The van der Waals surface area contributed by atoms with E-state index in [1.54, 1.807) is 12.1 Å². The highest BCUT2D eigenvalue weighted by atomic mass is 19.1. The summed E-state index contributed by atoms with van der Waals surface area (Å²) in [4.78, 5) is 10.4. The number of rotatable bonds is 0. The standard InChI is InChI=1S/C16H9FO2/c17-13-3-5-15-12(9-13)8-11-7-10(1-4-14(11)15)2-6-16(18)19/h1,3-5,7,9H,8H2,(H,18,19). The van der Waals surface area contributed by atoms with Gasteiger partial charge in [0.15, 0.2) is 0 Å². The first-order chi connectivity index (χ1) is 9.13. The van der Waals surface area contributed by atoms with E-state index < -0.39 is 5.97 Å². The molecule has 0 heterocycles. The molecule has 3 rings (SSSR count). The molecule has 0 atom stereocenters. The molecule has 0 bridgehead atoms. The maximum atomic E-state index is 13.2. The summed E-state index contributed by atoms with van der Waals surface area (Å²) in [5.41, 5.74) is 4.77. The predicted octanol–water partition coefficient (Wildman–Crippen LogP) is 2.83. The van der Waals surface area contributed by atoms with Crippen molar-refractivity contribution in [3.05, 3.63) is 58.9 Å². The summed E-state index contributed by atoms with van der Waals surface area (Å²) in [7, 11) is 0. The molecular formula is C16H9FO2. The number of carbonyl (C=O) groups is 1. The average molecular weight is 252 g/mol. The van der Waals surface area contributed by atoms with Crippen LogP contribution in [0.15, 0.2) is 36.4 Å². The molecule has 92 valence electrons. The van der Waals surface area contributed by atoms with Crippen LogP contribution in [0.2, 0.25) is 0 Å². The van der Waals surface area contributed by atoms with E-state index in [1.807, 2.05) is 12.1 Å². The number of aliphatic carboxylic acids is 1. The first-order valence-electron chi connectivity index (χ1n) is 5.80. The number of hydrogen-bond acceptors (Lipinski definition) is 1. The average Bonchev–Trinajstić information content (AvgIpc) is 2.72. The molecule has 1 N–H and O–H groups in total. The molecule has 0 spiro atoms. The second kappa shape index (κ2) is 4.25. The van der Waals surface area contributed by atoms with E-state index in [9.17, 15) is 9.18 Å². The molecule has 1 aliphatic rings. The summed E-state index contributed by atoms with van der Waals surface area (Å²) in [5.74, 6) is 3.29. The van der Waals surface area contributed by atoms with Crippen LogP contribution < -0.4 is 0 Å². The molecule has 0 aromatic heterocycles. The predicted molar refractivity (Wildman–Crippen MR) is 69.2 cm³/mol. The third kappa shape index (κ3) is 2.09. The molecule has 2 aromatic carbocycles. The van der Waals surface area contributed by atoms with Crippen LogP contribution >= 0.6 is 0 Å². The van der Waals surface area contributed by atoms with Crippen LogP contribution in [0.1, 0.15) is 16.7 Å². The Morgan fingerprint density at radius 1 is 1.11 bits per heavy atom. The van der Waals surface area contributed by atoms with Gasteiger partial charge in [-0.2, -0.15) is 0 Å². The number of carboxylic acid groups (broad SMARTS) is 1. The quantitative estimate of drug-likeness (QED) is 0.625. The minimum atomic E-state index is -1.15. The zero-order valence-electron chi connectivity index (χ0n) is 9.90. The molecule has 0 amide bonds. The fourth-order valence-electron chi connectivity index (χ4n) is 2.38. The molecule has 1 aliphatic carbocycles. The zero-order chi connectivity index (χ0) is 13.4. The van der Waals surface area contributed by atoms with Crippen molar-refractivity contribution in [2.45, 2.75) is 6.42 Å². The molecule has 2 nitrogen and oxygen atoms in total. The summed E-state index contributed by atoms with van der Waals surface area (Å²) >= 11 is 0. The highest BCUT2D eigenvalue weighted by Crippen LogP contribution is 2.37. The van der Waals surface area contributed by atoms with E-state index in [0.29, 0.717) is 12.0 Å². The topological polar surface area (TPSA) is 37.3 Å². The lowest BCUT2D eigenvalue weighted by molar-refractivity contribution is -0.130. The van der Waals surface area contributed by atoms with Crippen molar-refractivity contribution in [3.8, 4) is 23.0 Å². The van der Waals surface area contributed by atoms with Crippen molar-refractivity contribution in [3.63, 3.8) is 0 Å². The van der Waals surface area contributed by atoms with Crippen LogP contribution in [0.3, 0.4) is 0 Å². The Balaban J connectivity index is 2.04. The van der Waals surface area contributed by atoms with Gasteiger partial charge < -0.3 is 5.11 Å². The Morgan fingerprint density at radius 3 is 2.53 bits per heavy atom. The van der Waals surface area contributed by atoms with E-state index in [-0.39, 0.29) is 5.82 Å². The molecule has 0 aliphatic heterocycles. The number of benzene rings is 2. The third-order valence-corrected chi connectivity index (χ3v) is 3.16. The number of hydrogen-bond donors (Lipinski definition) is 1. The molecular weight excluding hydrogens is 243 g/mol. The Bertz CT molecular complexity index is 751. The number of fused-ring (bicyclic) bond motifs is 3. The van der Waals surface area contributed by atoms with Crippen LogP contribution in [0, 0.1) is 17.7 Å². The van der Waals surface area contributed by atoms with Gasteiger partial charge in [0.25, 0.3) is 0 Å². The van der Waals surface area contributed by atoms with Gasteiger partial charge in [-0.25, -0.2) is 9.18 Å². The monoisotopic (exact) mass is 252 g/mol. The summed E-state index contributed by atoms with van der Waals surface area (Å²) in [6.45, 7) is 0. The Labute approximate surface area is 109 Å². The maximum Gasteiger partial charge on any atom is 0.382 e. The zero-order valence-corrected chi connectivity index (χ0v) is 9.90. The summed E-state index contributed by atoms with van der Waals surface area (Å²) < 4.78 is 13.2. The van der Waals surface area contributed by atoms with Crippen LogP contribution in [-0.2, 0) is 11.2 Å². The van der Waals surface area contributed by atoms with Crippen LogP contribution in [0.5, 0.6) is 0 Å². The van der Waals surface area contributed by atoms with Gasteiger partial charge in [0, 0.05) is 11.5 Å². The summed E-state index contributed by atoms with van der Waals surface area (Å²) in [6, 6.07) is 10.3.